The van der Waals surface area contributed by atoms with Crippen molar-refractivity contribution in [3.63, 3.8) is 0 Å². The Morgan fingerprint density at radius 1 is 0.938 bits per heavy atom. The van der Waals surface area contributed by atoms with Crippen molar-refractivity contribution in [2.75, 3.05) is 6.54 Å². The molecule has 0 unspecified atom stereocenters. The zero-order valence-corrected chi connectivity index (χ0v) is 9.03. The zero-order valence-electron chi connectivity index (χ0n) is 9.03. The quantitative estimate of drug-likeness (QED) is 0.562. The molecule has 6 nitrogen and oxygen atoms in total. The molecular weight excluding hydrogens is 214 g/mol. The summed E-state index contributed by atoms with van der Waals surface area (Å²) in [7, 11) is 0. The van der Waals surface area contributed by atoms with E-state index in [0.29, 0.717) is 25.8 Å². The fourth-order valence-electron chi connectivity index (χ4n) is 1.11. The summed E-state index contributed by atoms with van der Waals surface area (Å²) in [6, 6.07) is 0. The second-order valence-electron chi connectivity index (χ2n) is 3.43. The van der Waals surface area contributed by atoms with Crippen LogP contribution in [0.4, 0.5) is 0 Å². The fourth-order valence-corrected chi connectivity index (χ4v) is 1.11. The Labute approximate surface area is 93.6 Å². The molecule has 0 atom stereocenters. The highest BCUT2D eigenvalue weighted by molar-refractivity contribution is 5.80. The van der Waals surface area contributed by atoms with Gasteiger partial charge in [-0.05, 0) is 12.8 Å². The maximum absolute atomic E-state index is 11.0. The van der Waals surface area contributed by atoms with Crippen molar-refractivity contribution in [1.29, 1.82) is 0 Å². The van der Waals surface area contributed by atoms with Crippen LogP contribution in [0, 0.1) is 0 Å². The molecule has 1 amide bonds. The second-order valence-corrected chi connectivity index (χ2v) is 3.43. The molecule has 0 aliphatic carbocycles. The number of rotatable bonds is 9. The van der Waals surface area contributed by atoms with Crippen LogP contribution in [0.1, 0.15) is 38.5 Å². The summed E-state index contributed by atoms with van der Waals surface area (Å²) in [6.45, 7) is 0.450. The summed E-state index contributed by atoms with van der Waals surface area (Å²) in [5.74, 6) is -2.35. The van der Waals surface area contributed by atoms with Gasteiger partial charge in [0.25, 0.3) is 0 Å². The van der Waals surface area contributed by atoms with Gasteiger partial charge >= 0.3 is 11.9 Å². The highest BCUT2D eigenvalue weighted by atomic mass is 16.4. The van der Waals surface area contributed by atoms with E-state index in [1.165, 1.54) is 0 Å². The van der Waals surface area contributed by atoms with Crippen molar-refractivity contribution in [1.82, 2.24) is 5.32 Å². The van der Waals surface area contributed by atoms with Crippen LogP contribution in [0.25, 0.3) is 0 Å². The lowest BCUT2D eigenvalue weighted by molar-refractivity contribution is -0.143. The summed E-state index contributed by atoms with van der Waals surface area (Å²) >= 11 is 0. The van der Waals surface area contributed by atoms with Gasteiger partial charge in [-0.1, -0.05) is 6.42 Å². The van der Waals surface area contributed by atoms with E-state index in [1.807, 2.05) is 0 Å². The van der Waals surface area contributed by atoms with Gasteiger partial charge < -0.3 is 10.4 Å². The van der Waals surface area contributed by atoms with Crippen LogP contribution in [0.2, 0.25) is 0 Å². The molecule has 0 aliphatic rings. The molecule has 0 saturated heterocycles. The van der Waals surface area contributed by atoms with E-state index in [-0.39, 0.29) is 25.2 Å². The first-order chi connectivity index (χ1) is 7.52. The predicted molar refractivity (Wildman–Crippen MR) is 54.0 cm³/mol. The van der Waals surface area contributed by atoms with Gasteiger partial charge in [-0.15, -0.1) is 0 Å². The Morgan fingerprint density at radius 2 is 1.62 bits per heavy atom. The van der Waals surface area contributed by atoms with E-state index < -0.39 is 11.9 Å². The molecule has 0 saturated carbocycles. The highest BCUT2D eigenvalue weighted by Crippen LogP contribution is 1.99. The van der Waals surface area contributed by atoms with E-state index in [0.717, 1.165) is 0 Å². The molecule has 0 fully saturated rings. The molecule has 0 heterocycles. The van der Waals surface area contributed by atoms with Crippen molar-refractivity contribution >= 4 is 17.8 Å². The lowest BCUT2D eigenvalue weighted by atomic mass is 10.2. The monoisotopic (exact) mass is 230 g/mol. The maximum Gasteiger partial charge on any atom is 0.355 e. The largest absolute Gasteiger partial charge is 0.481 e. The minimum absolute atomic E-state index is 0.0195. The lowest BCUT2D eigenvalue weighted by Gasteiger charge is -2.03. The van der Waals surface area contributed by atoms with Crippen LogP contribution in [0.3, 0.4) is 0 Å². The highest BCUT2D eigenvalue weighted by Gasteiger charge is 2.04. The number of carbonyl (C=O) groups is 3. The number of unbranched alkanes of at least 4 members (excludes halogenated alkanes) is 2. The average Bonchev–Trinajstić information content (AvgIpc) is 2.19. The van der Waals surface area contributed by atoms with Gasteiger partial charge in [-0.3, -0.25) is 9.59 Å². The number of carboxylic acids is 1. The molecule has 0 bridgehead atoms. The van der Waals surface area contributed by atoms with Crippen molar-refractivity contribution < 1.29 is 24.6 Å². The third kappa shape index (κ3) is 10.5. The van der Waals surface area contributed by atoms with E-state index in [4.69, 9.17) is 5.11 Å². The van der Waals surface area contributed by atoms with E-state index in [1.54, 1.807) is 0 Å². The summed E-state index contributed by atoms with van der Waals surface area (Å²) in [4.78, 5) is 31.2. The number of amides is 1. The lowest BCUT2D eigenvalue weighted by Crippen LogP contribution is -2.24. The Balaban J connectivity index is 3.27. The molecule has 0 rings (SSSR count). The minimum atomic E-state index is -1.06. The Kier molecular flexibility index (Phi) is 7.83. The first kappa shape index (κ1) is 14.4. The Hall–Kier alpha value is -1.59. The van der Waals surface area contributed by atoms with Gasteiger partial charge in [0.15, 0.2) is 0 Å². The molecule has 16 heavy (non-hydrogen) atoms. The van der Waals surface area contributed by atoms with Crippen molar-refractivity contribution in [3.05, 3.63) is 0 Å². The van der Waals surface area contributed by atoms with Crippen LogP contribution < -0.4 is 5.32 Å². The van der Waals surface area contributed by atoms with Gasteiger partial charge in [-0.25, -0.2) is 9.90 Å². The number of hydrogen-bond acceptors (Lipinski definition) is 3. The molecule has 0 aromatic rings. The summed E-state index contributed by atoms with van der Waals surface area (Å²) < 4.78 is 0. The normalized spacial score (nSPS) is 9.75. The van der Waals surface area contributed by atoms with Crippen LogP contribution in [0.5, 0.6) is 0 Å². The summed E-state index contributed by atoms with van der Waals surface area (Å²) in [6.07, 6.45) is 1.77. The minimum Gasteiger partial charge on any atom is -0.481 e. The molecule has 6 heteroatoms. The number of aliphatic carboxylic acids is 1. The van der Waals surface area contributed by atoms with Crippen LogP contribution >= 0.6 is 0 Å². The average molecular weight is 230 g/mol. The van der Waals surface area contributed by atoms with E-state index in [9.17, 15) is 19.5 Å². The van der Waals surface area contributed by atoms with E-state index >= 15 is 0 Å². The molecule has 0 aromatic heterocycles. The molecule has 1 radical (unpaired) electrons. The first-order valence-electron chi connectivity index (χ1n) is 5.20. The molecule has 0 aromatic carbocycles. The molecule has 0 aliphatic heterocycles. The van der Waals surface area contributed by atoms with Crippen molar-refractivity contribution in [2.45, 2.75) is 38.5 Å². The molecule has 91 valence electrons. The van der Waals surface area contributed by atoms with Crippen LogP contribution in [0.15, 0.2) is 0 Å². The standard InChI is InChI=1S/C10H16NO5/c12-8(5-6-10(15)16)11-7-3-1-2-4-9(13)14/h1-7H2,(H,11,12)(H,15,16). The van der Waals surface area contributed by atoms with Gasteiger partial charge in [0.1, 0.15) is 0 Å². The number of carboxylic acid groups (broad SMARTS) is 1. The van der Waals surface area contributed by atoms with Gasteiger partial charge in [0.05, 0.1) is 12.8 Å². The molecular formula is C10H16NO5. The SMILES string of the molecule is [O]C(=O)CCCCCNC(=O)CCC(=O)O. The Bertz CT molecular complexity index is 252. The van der Waals surface area contributed by atoms with Gasteiger partial charge in [0.2, 0.25) is 5.91 Å². The molecule has 2 N–H and O–H groups in total. The third-order valence-electron chi connectivity index (χ3n) is 1.95. The van der Waals surface area contributed by atoms with Gasteiger partial charge in [-0.2, -0.15) is 0 Å². The Morgan fingerprint density at radius 3 is 2.19 bits per heavy atom. The summed E-state index contributed by atoms with van der Waals surface area (Å²) in [5.41, 5.74) is 0. The third-order valence-corrected chi connectivity index (χ3v) is 1.95. The fraction of sp³-hybridized carbons (Fsp3) is 0.700. The van der Waals surface area contributed by atoms with Gasteiger partial charge in [0, 0.05) is 13.0 Å². The van der Waals surface area contributed by atoms with Crippen LogP contribution in [-0.2, 0) is 19.5 Å². The number of carbonyl (C=O) groups excluding carboxylic acids is 2. The summed E-state index contributed by atoms with van der Waals surface area (Å²) in [5, 5.41) is 20.9. The van der Waals surface area contributed by atoms with Crippen molar-refractivity contribution in [2.24, 2.45) is 0 Å². The predicted octanol–water partition coefficient (Wildman–Crippen LogP) is 0.485. The second kappa shape index (κ2) is 8.70. The zero-order chi connectivity index (χ0) is 12.4. The topological polar surface area (TPSA) is 103 Å². The molecule has 0 spiro atoms. The maximum atomic E-state index is 11.0. The van der Waals surface area contributed by atoms with E-state index in [2.05, 4.69) is 5.32 Å². The number of nitrogens with one attached hydrogen (secondary N) is 1. The van der Waals surface area contributed by atoms with Crippen LogP contribution in [-0.4, -0.2) is 29.5 Å². The van der Waals surface area contributed by atoms with Crippen molar-refractivity contribution in [3.8, 4) is 0 Å². The smallest absolute Gasteiger partial charge is 0.355 e. The first-order valence-corrected chi connectivity index (χ1v) is 5.20. The number of hydrogen-bond donors (Lipinski definition) is 2.